The van der Waals surface area contributed by atoms with E-state index in [1.165, 1.54) is 6.42 Å². The van der Waals surface area contributed by atoms with Crippen molar-refractivity contribution < 1.29 is 24.9 Å². The molecule has 0 aromatic heterocycles. The standard InChI is InChI=1S/C26H44O5/c1-5-31-21(28)9-6-15(2)17-7-8-18-22-19(11-13-25(17,18)3)26(4)12-10-16(27)14-20(26)23(29)24(22)30/h15-20,22-24,27,29-30H,5-14H2,1-4H3/t15-,16-,17-,18+,19+,20+,22+,23-,24+,25-,26-/m1/s1. The van der Waals surface area contributed by atoms with Crippen molar-refractivity contribution in [1.29, 1.82) is 0 Å². The fourth-order valence-electron chi connectivity index (χ4n) is 8.99. The molecule has 0 aliphatic heterocycles. The van der Waals surface area contributed by atoms with Gasteiger partial charge in [0, 0.05) is 6.42 Å². The van der Waals surface area contributed by atoms with E-state index >= 15 is 0 Å². The summed E-state index contributed by atoms with van der Waals surface area (Å²) in [7, 11) is 0. The molecule has 0 heterocycles. The van der Waals surface area contributed by atoms with Crippen molar-refractivity contribution in [3.8, 4) is 0 Å². The zero-order valence-electron chi connectivity index (χ0n) is 19.9. The largest absolute Gasteiger partial charge is 0.466 e. The van der Waals surface area contributed by atoms with Gasteiger partial charge in [0.1, 0.15) is 0 Å². The first-order valence-electron chi connectivity index (χ1n) is 12.8. The number of hydrogen-bond acceptors (Lipinski definition) is 5. The summed E-state index contributed by atoms with van der Waals surface area (Å²) in [4.78, 5) is 11.9. The van der Waals surface area contributed by atoms with Crippen LogP contribution in [0.2, 0.25) is 0 Å². The number of hydrogen-bond donors (Lipinski definition) is 3. The summed E-state index contributed by atoms with van der Waals surface area (Å²) < 4.78 is 5.13. The van der Waals surface area contributed by atoms with E-state index in [0.29, 0.717) is 43.1 Å². The quantitative estimate of drug-likeness (QED) is 0.569. The van der Waals surface area contributed by atoms with Gasteiger partial charge in [-0.2, -0.15) is 0 Å². The summed E-state index contributed by atoms with van der Waals surface area (Å²) in [5.41, 5.74) is 0.171. The SMILES string of the molecule is CCOC(=O)CC[C@@H](C)[C@H]1CC[C@H]2[C@@H]3[C@H](O)[C@H](O)[C@@H]4C[C@H](O)CC[C@]4(C)[C@H]3CC[C@]12C. The molecule has 11 atom stereocenters. The lowest BCUT2D eigenvalue weighted by Gasteiger charge is -2.63. The maximum absolute atomic E-state index is 11.9. The minimum absolute atomic E-state index is 0.00226. The van der Waals surface area contributed by atoms with E-state index in [9.17, 15) is 20.1 Å². The topological polar surface area (TPSA) is 87.0 Å². The van der Waals surface area contributed by atoms with Gasteiger partial charge in [0.15, 0.2) is 0 Å². The van der Waals surface area contributed by atoms with E-state index < -0.39 is 12.2 Å². The second-order valence-corrected chi connectivity index (χ2v) is 11.9. The molecule has 5 heteroatoms. The molecule has 4 saturated carbocycles. The molecule has 4 fully saturated rings. The summed E-state index contributed by atoms with van der Waals surface area (Å²) in [6.45, 7) is 9.33. The highest BCUT2D eigenvalue weighted by atomic mass is 16.5. The number of esters is 1. The Morgan fingerprint density at radius 1 is 0.968 bits per heavy atom. The summed E-state index contributed by atoms with van der Waals surface area (Å²) in [6, 6.07) is 0. The lowest BCUT2D eigenvalue weighted by atomic mass is 9.43. The molecule has 0 aromatic carbocycles. The molecule has 0 unspecified atom stereocenters. The fraction of sp³-hybridized carbons (Fsp3) is 0.962. The van der Waals surface area contributed by atoms with Gasteiger partial charge in [-0.05, 0) is 105 Å². The molecule has 4 aliphatic rings. The first kappa shape index (κ1) is 23.5. The van der Waals surface area contributed by atoms with Crippen LogP contribution in [0.15, 0.2) is 0 Å². The molecule has 4 aliphatic carbocycles. The third kappa shape index (κ3) is 3.77. The van der Waals surface area contributed by atoms with E-state index in [-0.39, 0.29) is 34.7 Å². The Morgan fingerprint density at radius 2 is 1.65 bits per heavy atom. The Hall–Kier alpha value is -0.650. The first-order chi connectivity index (χ1) is 14.6. The highest BCUT2D eigenvalue weighted by Crippen LogP contribution is 2.68. The first-order valence-corrected chi connectivity index (χ1v) is 12.8. The second-order valence-electron chi connectivity index (χ2n) is 11.9. The van der Waals surface area contributed by atoms with E-state index in [4.69, 9.17) is 4.74 Å². The predicted octanol–water partition coefficient (Wildman–Crippen LogP) is 3.93. The third-order valence-corrected chi connectivity index (χ3v) is 10.6. The Morgan fingerprint density at radius 3 is 2.35 bits per heavy atom. The molecule has 0 amide bonds. The van der Waals surface area contributed by atoms with Gasteiger partial charge in [-0.1, -0.05) is 20.8 Å². The van der Waals surface area contributed by atoms with Crippen molar-refractivity contribution in [2.75, 3.05) is 6.61 Å². The second kappa shape index (κ2) is 8.61. The highest BCUT2D eigenvalue weighted by molar-refractivity contribution is 5.69. The normalized spacial score (nSPS) is 50.2. The Bertz CT molecular complexity index is 666. The molecule has 0 aromatic rings. The third-order valence-electron chi connectivity index (χ3n) is 10.6. The molecule has 4 rings (SSSR count). The van der Waals surface area contributed by atoms with Crippen LogP contribution in [-0.2, 0) is 9.53 Å². The van der Waals surface area contributed by atoms with Gasteiger partial charge in [-0.3, -0.25) is 4.79 Å². The average Bonchev–Trinajstić information content (AvgIpc) is 3.08. The van der Waals surface area contributed by atoms with Gasteiger partial charge in [0.05, 0.1) is 24.9 Å². The Balaban J connectivity index is 1.53. The monoisotopic (exact) mass is 436 g/mol. The lowest BCUT2D eigenvalue weighted by molar-refractivity contribution is -0.223. The van der Waals surface area contributed by atoms with Crippen molar-refractivity contribution in [3.63, 3.8) is 0 Å². The van der Waals surface area contributed by atoms with Gasteiger partial charge < -0.3 is 20.1 Å². The van der Waals surface area contributed by atoms with Gasteiger partial charge in [0.2, 0.25) is 0 Å². The Labute approximate surface area is 187 Å². The summed E-state index contributed by atoms with van der Waals surface area (Å²) in [5, 5.41) is 32.7. The van der Waals surface area contributed by atoms with Crippen molar-refractivity contribution >= 4 is 5.97 Å². The van der Waals surface area contributed by atoms with Crippen LogP contribution in [0, 0.1) is 46.3 Å². The minimum Gasteiger partial charge on any atom is -0.466 e. The molecule has 0 radical (unpaired) electrons. The number of fused-ring (bicyclic) bond motifs is 5. The summed E-state index contributed by atoms with van der Waals surface area (Å²) in [5.74, 6) is 1.91. The lowest BCUT2D eigenvalue weighted by Crippen LogP contribution is -2.64. The van der Waals surface area contributed by atoms with Crippen molar-refractivity contribution in [3.05, 3.63) is 0 Å². The van der Waals surface area contributed by atoms with E-state index in [2.05, 4.69) is 20.8 Å². The van der Waals surface area contributed by atoms with Gasteiger partial charge >= 0.3 is 5.97 Å². The van der Waals surface area contributed by atoms with E-state index in [0.717, 1.165) is 38.5 Å². The predicted molar refractivity (Wildman–Crippen MR) is 119 cm³/mol. The zero-order chi connectivity index (χ0) is 22.6. The fourth-order valence-corrected chi connectivity index (χ4v) is 8.99. The van der Waals surface area contributed by atoms with Crippen LogP contribution in [0.4, 0.5) is 0 Å². The van der Waals surface area contributed by atoms with Crippen LogP contribution in [0.3, 0.4) is 0 Å². The van der Waals surface area contributed by atoms with Crippen LogP contribution in [0.25, 0.3) is 0 Å². The van der Waals surface area contributed by atoms with Crippen LogP contribution in [0.1, 0.15) is 85.5 Å². The number of carbonyl (C=O) groups is 1. The number of aliphatic hydroxyl groups is 3. The van der Waals surface area contributed by atoms with Gasteiger partial charge in [-0.25, -0.2) is 0 Å². The van der Waals surface area contributed by atoms with Gasteiger partial charge in [-0.15, -0.1) is 0 Å². The zero-order valence-corrected chi connectivity index (χ0v) is 19.9. The molecule has 0 bridgehead atoms. The molecule has 178 valence electrons. The Kier molecular flexibility index (Phi) is 6.53. The molecule has 0 saturated heterocycles. The van der Waals surface area contributed by atoms with Crippen molar-refractivity contribution in [2.24, 2.45) is 46.3 Å². The number of rotatable bonds is 5. The summed E-state index contributed by atoms with van der Waals surface area (Å²) >= 11 is 0. The smallest absolute Gasteiger partial charge is 0.305 e. The number of ether oxygens (including phenoxy) is 1. The van der Waals surface area contributed by atoms with E-state index in [1.54, 1.807) is 0 Å². The molecule has 0 spiro atoms. The van der Waals surface area contributed by atoms with Gasteiger partial charge in [0.25, 0.3) is 0 Å². The van der Waals surface area contributed by atoms with Crippen LogP contribution >= 0.6 is 0 Å². The van der Waals surface area contributed by atoms with Crippen LogP contribution < -0.4 is 0 Å². The molecular weight excluding hydrogens is 392 g/mol. The minimum atomic E-state index is -0.733. The molecule has 5 nitrogen and oxygen atoms in total. The van der Waals surface area contributed by atoms with E-state index in [1.807, 2.05) is 6.92 Å². The maximum atomic E-state index is 11.9. The number of aliphatic hydroxyl groups excluding tert-OH is 3. The average molecular weight is 437 g/mol. The van der Waals surface area contributed by atoms with Crippen LogP contribution in [-0.4, -0.2) is 46.2 Å². The van der Waals surface area contributed by atoms with Crippen molar-refractivity contribution in [1.82, 2.24) is 0 Å². The maximum Gasteiger partial charge on any atom is 0.305 e. The molecule has 31 heavy (non-hydrogen) atoms. The van der Waals surface area contributed by atoms with Crippen molar-refractivity contribution in [2.45, 2.75) is 104 Å². The van der Waals surface area contributed by atoms with Crippen LogP contribution in [0.5, 0.6) is 0 Å². The summed E-state index contributed by atoms with van der Waals surface area (Å²) in [6.07, 6.45) is 6.50. The molecule has 3 N–H and O–H groups in total. The number of carbonyl (C=O) groups excluding carboxylic acids is 1. The molecular formula is C26H44O5. The highest BCUT2D eigenvalue weighted by Gasteiger charge is 2.65.